The minimum absolute atomic E-state index is 0.0376. The quantitative estimate of drug-likeness (QED) is 0.894. The van der Waals surface area contributed by atoms with Crippen molar-refractivity contribution in [3.8, 4) is 11.4 Å². The molecule has 134 valence electrons. The summed E-state index contributed by atoms with van der Waals surface area (Å²) in [7, 11) is 0. The lowest BCUT2D eigenvalue weighted by Crippen LogP contribution is -2.46. The summed E-state index contributed by atoms with van der Waals surface area (Å²) in [5, 5.41) is 11.7. The number of carbonyl (C=O) groups excluding carboxylic acids is 1. The van der Waals surface area contributed by atoms with Gasteiger partial charge in [0.1, 0.15) is 5.75 Å². The molecule has 0 unspecified atom stereocenters. The minimum atomic E-state index is -0.0376. The summed E-state index contributed by atoms with van der Waals surface area (Å²) in [5.41, 5.74) is 2.16. The average molecular weight is 343 g/mol. The number of nitrogens with one attached hydrogen (secondary N) is 1. The summed E-state index contributed by atoms with van der Waals surface area (Å²) in [6.45, 7) is 9.05. The van der Waals surface area contributed by atoms with Crippen LogP contribution in [0.25, 0.3) is 5.69 Å². The van der Waals surface area contributed by atoms with E-state index in [4.69, 9.17) is 4.74 Å². The Morgan fingerprint density at radius 3 is 2.52 bits per heavy atom. The van der Waals surface area contributed by atoms with E-state index in [9.17, 15) is 4.79 Å². The van der Waals surface area contributed by atoms with Crippen LogP contribution in [0.15, 0.2) is 24.3 Å². The molecule has 0 radical (unpaired) electrons. The maximum absolute atomic E-state index is 12.8. The van der Waals surface area contributed by atoms with Crippen LogP contribution in [0.5, 0.6) is 5.75 Å². The Morgan fingerprint density at radius 1 is 1.24 bits per heavy atom. The van der Waals surface area contributed by atoms with E-state index >= 15 is 0 Å². The van der Waals surface area contributed by atoms with E-state index in [0.29, 0.717) is 25.2 Å². The first-order valence-corrected chi connectivity index (χ1v) is 8.81. The van der Waals surface area contributed by atoms with Crippen LogP contribution < -0.4 is 10.1 Å². The van der Waals surface area contributed by atoms with E-state index in [1.54, 1.807) is 4.68 Å². The SMILES string of the molecule is CCc1c(C(=O)N2CCNCC2)nnn1-c1ccc(OC(C)C)cc1. The lowest BCUT2D eigenvalue weighted by molar-refractivity contribution is 0.0728. The number of hydrogen-bond donors (Lipinski definition) is 1. The van der Waals surface area contributed by atoms with Gasteiger partial charge in [-0.05, 0) is 44.5 Å². The van der Waals surface area contributed by atoms with Gasteiger partial charge in [0, 0.05) is 26.2 Å². The Hall–Kier alpha value is -2.41. The predicted octanol–water partition coefficient (Wildman–Crippen LogP) is 1.66. The molecular weight excluding hydrogens is 318 g/mol. The molecule has 2 aromatic rings. The highest BCUT2D eigenvalue weighted by molar-refractivity contribution is 5.93. The maximum atomic E-state index is 12.8. The fraction of sp³-hybridized carbons (Fsp3) is 0.500. The monoisotopic (exact) mass is 343 g/mol. The minimum Gasteiger partial charge on any atom is -0.491 e. The van der Waals surface area contributed by atoms with Crippen LogP contribution >= 0.6 is 0 Å². The summed E-state index contributed by atoms with van der Waals surface area (Å²) in [4.78, 5) is 14.6. The Balaban J connectivity index is 1.85. The third kappa shape index (κ3) is 3.82. The molecule has 0 atom stereocenters. The van der Waals surface area contributed by atoms with Crippen molar-refractivity contribution in [2.45, 2.75) is 33.3 Å². The molecule has 0 spiro atoms. The standard InChI is InChI=1S/C18H25N5O2/c1-4-16-17(18(24)22-11-9-19-10-12-22)20-21-23(16)14-5-7-15(8-6-14)25-13(2)3/h5-8,13,19H,4,9-12H2,1-3H3. The fourth-order valence-corrected chi connectivity index (χ4v) is 2.95. The van der Waals surface area contributed by atoms with Crippen molar-refractivity contribution in [2.24, 2.45) is 0 Å². The Bertz CT molecular complexity index is 718. The van der Waals surface area contributed by atoms with Crippen LogP contribution in [0.1, 0.15) is 37.0 Å². The summed E-state index contributed by atoms with van der Waals surface area (Å²) in [5.74, 6) is 0.776. The fourth-order valence-electron chi connectivity index (χ4n) is 2.95. The highest BCUT2D eigenvalue weighted by Crippen LogP contribution is 2.19. The van der Waals surface area contributed by atoms with Gasteiger partial charge in [-0.1, -0.05) is 12.1 Å². The molecule has 7 nitrogen and oxygen atoms in total. The molecule has 3 rings (SSSR count). The molecule has 2 heterocycles. The van der Waals surface area contributed by atoms with Crippen molar-refractivity contribution in [1.82, 2.24) is 25.2 Å². The second-order valence-electron chi connectivity index (χ2n) is 6.35. The highest BCUT2D eigenvalue weighted by Gasteiger charge is 2.25. The van der Waals surface area contributed by atoms with Crippen molar-refractivity contribution in [3.63, 3.8) is 0 Å². The number of hydrogen-bond acceptors (Lipinski definition) is 5. The number of ether oxygens (including phenoxy) is 1. The van der Waals surface area contributed by atoms with Gasteiger partial charge in [-0.2, -0.15) is 0 Å². The molecule has 7 heteroatoms. The second kappa shape index (κ2) is 7.65. The van der Waals surface area contributed by atoms with Gasteiger partial charge in [0.05, 0.1) is 17.5 Å². The molecule has 25 heavy (non-hydrogen) atoms. The Morgan fingerprint density at radius 2 is 1.92 bits per heavy atom. The van der Waals surface area contributed by atoms with Crippen LogP contribution in [0.3, 0.4) is 0 Å². The van der Waals surface area contributed by atoms with Gasteiger partial charge >= 0.3 is 0 Å². The lowest BCUT2D eigenvalue weighted by Gasteiger charge is -2.26. The number of rotatable bonds is 5. The Labute approximate surface area is 148 Å². The number of piperazine rings is 1. The van der Waals surface area contributed by atoms with Gasteiger partial charge in [0.15, 0.2) is 5.69 Å². The van der Waals surface area contributed by atoms with Crippen LogP contribution in [-0.2, 0) is 6.42 Å². The summed E-state index contributed by atoms with van der Waals surface area (Å²) in [6, 6.07) is 7.69. The number of nitrogens with zero attached hydrogens (tertiary/aromatic N) is 4. The molecule has 1 aliphatic rings. The first kappa shape index (κ1) is 17.4. The zero-order chi connectivity index (χ0) is 17.8. The second-order valence-corrected chi connectivity index (χ2v) is 6.35. The summed E-state index contributed by atoms with van der Waals surface area (Å²) in [6.07, 6.45) is 0.816. The van der Waals surface area contributed by atoms with Crippen LogP contribution in [0.4, 0.5) is 0 Å². The molecule has 0 bridgehead atoms. The molecule has 1 aliphatic heterocycles. The van der Waals surface area contributed by atoms with Gasteiger partial charge in [-0.15, -0.1) is 5.10 Å². The lowest BCUT2D eigenvalue weighted by atomic mass is 10.2. The number of aromatic nitrogens is 3. The molecule has 1 aromatic carbocycles. The van der Waals surface area contributed by atoms with E-state index in [-0.39, 0.29) is 12.0 Å². The molecule has 1 N–H and O–H groups in total. The van der Waals surface area contributed by atoms with E-state index in [1.165, 1.54) is 0 Å². The van der Waals surface area contributed by atoms with Crippen molar-refractivity contribution in [3.05, 3.63) is 35.7 Å². The van der Waals surface area contributed by atoms with Crippen molar-refractivity contribution in [2.75, 3.05) is 26.2 Å². The highest BCUT2D eigenvalue weighted by atomic mass is 16.5. The van der Waals surface area contributed by atoms with Gasteiger partial charge in [-0.25, -0.2) is 4.68 Å². The Kier molecular flexibility index (Phi) is 5.33. The smallest absolute Gasteiger partial charge is 0.276 e. The van der Waals surface area contributed by atoms with E-state index in [2.05, 4.69) is 15.6 Å². The van der Waals surface area contributed by atoms with Crippen LogP contribution in [0, 0.1) is 0 Å². The molecule has 1 saturated heterocycles. The molecule has 1 amide bonds. The van der Waals surface area contributed by atoms with Gasteiger partial charge in [0.2, 0.25) is 0 Å². The maximum Gasteiger partial charge on any atom is 0.276 e. The first-order chi connectivity index (χ1) is 12.1. The predicted molar refractivity (Wildman–Crippen MR) is 95.3 cm³/mol. The normalized spacial score (nSPS) is 14.8. The zero-order valence-corrected chi connectivity index (χ0v) is 15.0. The number of carbonyl (C=O) groups is 1. The van der Waals surface area contributed by atoms with Gasteiger partial charge in [-0.3, -0.25) is 4.79 Å². The van der Waals surface area contributed by atoms with Gasteiger partial charge in [0.25, 0.3) is 5.91 Å². The number of benzene rings is 1. The van der Waals surface area contributed by atoms with E-state index in [0.717, 1.165) is 30.2 Å². The van der Waals surface area contributed by atoms with E-state index < -0.39 is 0 Å². The molecular formula is C18H25N5O2. The molecule has 1 fully saturated rings. The van der Waals surface area contributed by atoms with Gasteiger partial charge < -0.3 is 15.0 Å². The molecule has 0 saturated carbocycles. The topological polar surface area (TPSA) is 72.3 Å². The van der Waals surface area contributed by atoms with Crippen molar-refractivity contribution in [1.29, 1.82) is 0 Å². The third-order valence-corrected chi connectivity index (χ3v) is 4.16. The molecule has 0 aliphatic carbocycles. The zero-order valence-electron chi connectivity index (χ0n) is 15.0. The number of amides is 1. The van der Waals surface area contributed by atoms with Crippen LogP contribution in [0.2, 0.25) is 0 Å². The average Bonchev–Trinajstić information content (AvgIpc) is 3.06. The van der Waals surface area contributed by atoms with Crippen molar-refractivity contribution < 1.29 is 9.53 Å². The summed E-state index contributed by atoms with van der Waals surface area (Å²) >= 11 is 0. The van der Waals surface area contributed by atoms with E-state index in [1.807, 2.05) is 49.9 Å². The summed E-state index contributed by atoms with van der Waals surface area (Å²) < 4.78 is 7.42. The molecule has 1 aromatic heterocycles. The third-order valence-electron chi connectivity index (χ3n) is 4.16. The largest absolute Gasteiger partial charge is 0.491 e. The first-order valence-electron chi connectivity index (χ1n) is 8.81. The van der Waals surface area contributed by atoms with Crippen LogP contribution in [-0.4, -0.2) is 58.1 Å². The van der Waals surface area contributed by atoms with Crippen molar-refractivity contribution >= 4 is 5.91 Å².